The molecule has 0 spiro atoms. The third kappa shape index (κ3) is 5.05. The molecule has 0 amide bonds. The van der Waals surface area contributed by atoms with Crippen LogP contribution in [-0.2, 0) is 9.47 Å². The minimum Gasteiger partial charge on any atom is -0.460 e. The van der Waals surface area contributed by atoms with E-state index in [9.17, 15) is 9.59 Å². The number of hydrogen-bond donors (Lipinski definition) is 1. The largest absolute Gasteiger partial charge is 0.460 e. The second kappa shape index (κ2) is 9.48. The van der Waals surface area contributed by atoms with Crippen molar-refractivity contribution < 1.29 is 19.1 Å². The van der Waals surface area contributed by atoms with Gasteiger partial charge in [-0.25, -0.2) is 9.59 Å². The molecule has 3 rings (SSSR count). The second-order valence-corrected chi connectivity index (χ2v) is 6.23. The molecule has 142 valence electrons. The molecule has 3 aromatic carbocycles. The summed E-state index contributed by atoms with van der Waals surface area (Å²) in [6, 6.07) is 25.8. The average molecular weight is 375 g/mol. The lowest BCUT2D eigenvalue weighted by Gasteiger charge is -2.24. The monoisotopic (exact) mass is 375 g/mol. The van der Waals surface area contributed by atoms with Crippen LogP contribution in [0, 0.1) is 0 Å². The molecule has 5 nitrogen and oxygen atoms in total. The molecule has 0 aliphatic carbocycles. The lowest BCUT2D eigenvalue weighted by molar-refractivity contribution is 0.0107. The van der Waals surface area contributed by atoms with Crippen LogP contribution in [0.25, 0.3) is 0 Å². The number of benzene rings is 3. The third-order valence-electron chi connectivity index (χ3n) is 4.18. The Labute approximate surface area is 163 Å². The highest BCUT2D eigenvalue weighted by atomic mass is 16.6. The van der Waals surface area contributed by atoms with E-state index in [2.05, 4.69) is 0 Å². The van der Waals surface area contributed by atoms with Crippen molar-refractivity contribution in [3.05, 3.63) is 108 Å². The molecule has 0 heterocycles. The fourth-order valence-electron chi connectivity index (χ4n) is 2.72. The second-order valence-electron chi connectivity index (χ2n) is 6.23. The maximum absolute atomic E-state index is 12.5. The molecule has 0 fully saturated rings. The number of carbonyl (C=O) groups excluding carboxylic acids is 2. The van der Waals surface area contributed by atoms with Crippen LogP contribution in [0.15, 0.2) is 91.0 Å². The molecule has 0 saturated carbocycles. The van der Waals surface area contributed by atoms with Crippen molar-refractivity contribution in [2.75, 3.05) is 6.61 Å². The van der Waals surface area contributed by atoms with Crippen molar-refractivity contribution in [1.82, 2.24) is 0 Å². The van der Waals surface area contributed by atoms with Crippen molar-refractivity contribution in [2.45, 2.75) is 12.1 Å². The van der Waals surface area contributed by atoms with Gasteiger partial charge in [-0.2, -0.15) is 0 Å². The van der Waals surface area contributed by atoms with E-state index in [0.29, 0.717) is 11.1 Å². The Hall–Kier alpha value is -3.44. The van der Waals surface area contributed by atoms with Gasteiger partial charge in [-0.15, -0.1) is 0 Å². The van der Waals surface area contributed by atoms with Gasteiger partial charge >= 0.3 is 11.9 Å². The van der Waals surface area contributed by atoms with Gasteiger partial charge in [0, 0.05) is 0 Å². The van der Waals surface area contributed by atoms with Crippen molar-refractivity contribution >= 4 is 11.9 Å². The molecule has 5 heteroatoms. The first-order valence-corrected chi connectivity index (χ1v) is 8.94. The number of carbonyl (C=O) groups is 2. The summed E-state index contributed by atoms with van der Waals surface area (Å²) in [5, 5.41) is 0. The molecule has 3 aromatic rings. The zero-order valence-corrected chi connectivity index (χ0v) is 15.2. The van der Waals surface area contributed by atoms with E-state index in [-0.39, 0.29) is 6.61 Å². The van der Waals surface area contributed by atoms with Crippen molar-refractivity contribution in [2.24, 2.45) is 5.73 Å². The molecule has 0 unspecified atom stereocenters. The quantitative estimate of drug-likeness (QED) is 0.636. The predicted octanol–water partition coefficient (Wildman–Crippen LogP) is 3.77. The Morgan fingerprint density at radius 3 is 1.71 bits per heavy atom. The normalized spacial score (nSPS) is 12.6. The average Bonchev–Trinajstić information content (AvgIpc) is 2.77. The fourth-order valence-corrected chi connectivity index (χ4v) is 2.72. The first-order valence-electron chi connectivity index (χ1n) is 8.94. The predicted molar refractivity (Wildman–Crippen MR) is 106 cm³/mol. The highest BCUT2D eigenvalue weighted by molar-refractivity contribution is 5.90. The lowest BCUT2D eigenvalue weighted by Crippen LogP contribution is -2.36. The molecule has 28 heavy (non-hydrogen) atoms. The number of esters is 2. The van der Waals surface area contributed by atoms with Gasteiger partial charge in [0.15, 0.2) is 0 Å². The van der Waals surface area contributed by atoms with Crippen LogP contribution in [0.1, 0.15) is 32.4 Å². The summed E-state index contributed by atoms with van der Waals surface area (Å²) in [6.45, 7) is -0.0879. The van der Waals surface area contributed by atoms with Crippen LogP contribution >= 0.6 is 0 Å². The summed E-state index contributed by atoms with van der Waals surface area (Å²) in [5.41, 5.74) is 7.84. The standard InChI is InChI=1S/C23H21NO4/c24-20(16-27-22(25)18-12-6-2-7-13-18)21(17-10-4-1-5-11-17)28-23(26)19-14-8-3-9-15-19/h1-15,20-21H,16,24H2/t20-,21-/m0/s1. The van der Waals surface area contributed by atoms with Crippen molar-refractivity contribution in [1.29, 1.82) is 0 Å². The fraction of sp³-hybridized carbons (Fsp3) is 0.130. The Morgan fingerprint density at radius 2 is 1.18 bits per heavy atom. The maximum Gasteiger partial charge on any atom is 0.338 e. The molecule has 0 aliphatic rings. The van der Waals surface area contributed by atoms with E-state index in [4.69, 9.17) is 15.2 Å². The van der Waals surface area contributed by atoms with Crippen molar-refractivity contribution in [3.63, 3.8) is 0 Å². The van der Waals surface area contributed by atoms with E-state index in [1.807, 2.05) is 42.5 Å². The summed E-state index contributed by atoms with van der Waals surface area (Å²) in [6.07, 6.45) is -0.752. The van der Waals surface area contributed by atoms with Crippen LogP contribution < -0.4 is 5.73 Å². The van der Waals surface area contributed by atoms with Gasteiger partial charge in [0.1, 0.15) is 12.7 Å². The third-order valence-corrected chi connectivity index (χ3v) is 4.18. The Bertz CT molecular complexity index is 898. The Kier molecular flexibility index (Phi) is 6.54. The highest BCUT2D eigenvalue weighted by Crippen LogP contribution is 2.22. The van der Waals surface area contributed by atoms with Gasteiger partial charge in [0.05, 0.1) is 17.2 Å². The van der Waals surface area contributed by atoms with Crippen LogP contribution in [0.4, 0.5) is 0 Å². The van der Waals surface area contributed by atoms with Crippen LogP contribution in [0.5, 0.6) is 0 Å². The Morgan fingerprint density at radius 1 is 0.714 bits per heavy atom. The molecule has 0 radical (unpaired) electrons. The SMILES string of the molecule is N[C@@H](COC(=O)c1ccccc1)[C@@H](OC(=O)c1ccccc1)c1ccccc1. The summed E-state index contributed by atoms with van der Waals surface area (Å²) in [5.74, 6) is -0.962. The summed E-state index contributed by atoms with van der Waals surface area (Å²) in [7, 11) is 0. The van der Waals surface area contributed by atoms with Crippen LogP contribution in [0.3, 0.4) is 0 Å². The van der Waals surface area contributed by atoms with Gasteiger partial charge in [0.25, 0.3) is 0 Å². The number of rotatable bonds is 7. The summed E-state index contributed by atoms with van der Waals surface area (Å²) >= 11 is 0. The number of ether oxygens (including phenoxy) is 2. The van der Waals surface area contributed by atoms with Gasteiger partial charge in [-0.1, -0.05) is 66.7 Å². The molecule has 0 aromatic heterocycles. The summed E-state index contributed by atoms with van der Waals surface area (Å²) in [4.78, 5) is 24.7. The van der Waals surface area contributed by atoms with Gasteiger partial charge in [0.2, 0.25) is 0 Å². The van der Waals surface area contributed by atoms with E-state index in [1.54, 1.807) is 48.5 Å². The molecular formula is C23H21NO4. The van der Waals surface area contributed by atoms with Gasteiger partial charge in [-0.3, -0.25) is 0 Å². The number of hydrogen-bond acceptors (Lipinski definition) is 5. The van der Waals surface area contributed by atoms with Crippen molar-refractivity contribution in [3.8, 4) is 0 Å². The molecule has 2 N–H and O–H groups in total. The first-order chi connectivity index (χ1) is 13.6. The summed E-state index contributed by atoms with van der Waals surface area (Å²) < 4.78 is 11.0. The van der Waals surface area contributed by atoms with Gasteiger partial charge in [-0.05, 0) is 29.8 Å². The molecule has 0 saturated heterocycles. The minimum absolute atomic E-state index is 0.0879. The Balaban J connectivity index is 1.71. The van der Waals surface area contributed by atoms with Crippen LogP contribution in [0.2, 0.25) is 0 Å². The van der Waals surface area contributed by atoms with E-state index < -0.39 is 24.1 Å². The minimum atomic E-state index is -0.752. The smallest absolute Gasteiger partial charge is 0.338 e. The lowest BCUT2D eigenvalue weighted by atomic mass is 10.0. The zero-order valence-electron chi connectivity index (χ0n) is 15.2. The van der Waals surface area contributed by atoms with E-state index >= 15 is 0 Å². The topological polar surface area (TPSA) is 78.6 Å². The zero-order chi connectivity index (χ0) is 19.8. The first kappa shape index (κ1) is 19.3. The molecule has 0 aliphatic heterocycles. The molecule has 2 atom stereocenters. The highest BCUT2D eigenvalue weighted by Gasteiger charge is 2.26. The molecular weight excluding hydrogens is 354 g/mol. The van der Waals surface area contributed by atoms with E-state index in [0.717, 1.165) is 5.56 Å². The maximum atomic E-state index is 12.5. The molecule has 0 bridgehead atoms. The van der Waals surface area contributed by atoms with Crippen LogP contribution in [-0.4, -0.2) is 24.6 Å². The van der Waals surface area contributed by atoms with E-state index in [1.165, 1.54) is 0 Å². The van der Waals surface area contributed by atoms with Gasteiger partial charge < -0.3 is 15.2 Å². The number of nitrogens with two attached hydrogens (primary N) is 1.